The molecule has 1 rings (SSSR count). The van der Waals surface area contributed by atoms with Gasteiger partial charge in [-0.05, 0) is 13.1 Å². The highest BCUT2D eigenvalue weighted by molar-refractivity contribution is 6.41. The average molecular weight is 143 g/mol. The molecule has 58 valence electrons. The first kappa shape index (κ1) is 8.05. The zero-order chi connectivity index (χ0) is 7.40. The Morgan fingerprint density at radius 3 is 2.10 bits per heavy atom. The second kappa shape index (κ2) is 3.96. The highest BCUT2D eigenvalue weighted by atomic mass is 16.6. The van der Waals surface area contributed by atoms with E-state index in [9.17, 15) is 0 Å². The Hall–Kier alpha value is -0.0551. The fourth-order valence-electron chi connectivity index (χ4n) is 1.08. The van der Waals surface area contributed by atoms with Gasteiger partial charge in [-0.2, -0.15) is 0 Å². The van der Waals surface area contributed by atoms with Gasteiger partial charge in [-0.25, -0.2) is 0 Å². The van der Waals surface area contributed by atoms with E-state index in [-0.39, 0.29) is 7.25 Å². The molecule has 1 heterocycles. The standard InChI is InChI=1S/C6H14BNO2/c1-3-8(4-2)7-9-5-6-10-7/h3-6H2,1-2H3. The molecular formula is C6H14BNO2. The molecule has 0 radical (unpaired) electrons. The number of hydrogen-bond donors (Lipinski definition) is 0. The fourth-order valence-corrected chi connectivity index (χ4v) is 1.08. The van der Waals surface area contributed by atoms with Gasteiger partial charge in [-0.1, -0.05) is 13.8 Å². The summed E-state index contributed by atoms with van der Waals surface area (Å²) in [5.74, 6) is 0. The van der Waals surface area contributed by atoms with Crippen molar-refractivity contribution in [2.75, 3.05) is 26.3 Å². The maximum Gasteiger partial charge on any atom is 0.557 e. The first-order valence-electron chi connectivity index (χ1n) is 3.85. The lowest BCUT2D eigenvalue weighted by atomic mass is 10.1. The lowest BCUT2D eigenvalue weighted by molar-refractivity contribution is 0.270. The van der Waals surface area contributed by atoms with E-state index in [0.717, 1.165) is 26.3 Å². The van der Waals surface area contributed by atoms with Crippen LogP contribution < -0.4 is 0 Å². The van der Waals surface area contributed by atoms with Gasteiger partial charge >= 0.3 is 7.25 Å². The number of rotatable bonds is 3. The van der Waals surface area contributed by atoms with E-state index in [1.165, 1.54) is 0 Å². The maximum atomic E-state index is 5.30. The molecule has 1 saturated heterocycles. The highest BCUT2D eigenvalue weighted by Crippen LogP contribution is 2.03. The summed E-state index contributed by atoms with van der Waals surface area (Å²) in [6.07, 6.45) is 0. The fraction of sp³-hybridized carbons (Fsp3) is 1.00. The van der Waals surface area contributed by atoms with Crippen LogP contribution in [-0.2, 0) is 9.31 Å². The summed E-state index contributed by atoms with van der Waals surface area (Å²) < 4.78 is 10.6. The Morgan fingerprint density at radius 2 is 1.70 bits per heavy atom. The molecule has 0 amide bonds. The lowest BCUT2D eigenvalue weighted by Crippen LogP contribution is -2.40. The van der Waals surface area contributed by atoms with Gasteiger partial charge in [0, 0.05) is 0 Å². The van der Waals surface area contributed by atoms with Gasteiger partial charge in [-0.3, -0.25) is 4.81 Å². The second-order valence-corrected chi connectivity index (χ2v) is 2.27. The van der Waals surface area contributed by atoms with Crippen LogP contribution >= 0.6 is 0 Å². The van der Waals surface area contributed by atoms with Crippen molar-refractivity contribution in [1.29, 1.82) is 0 Å². The normalized spacial score (nSPS) is 18.9. The van der Waals surface area contributed by atoms with Crippen molar-refractivity contribution in [3.05, 3.63) is 0 Å². The van der Waals surface area contributed by atoms with Gasteiger partial charge in [0.2, 0.25) is 0 Å². The Kier molecular flexibility index (Phi) is 3.18. The largest absolute Gasteiger partial charge is 0.557 e. The summed E-state index contributed by atoms with van der Waals surface area (Å²) >= 11 is 0. The summed E-state index contributed by atoms with van der Waals surface area (Å²) in [4.78, 5) is 2.15. The van der Waals surface area contributed by atoms with E-state index >= 15 is 0 Å². The molecule has 0 unspecified atom stereocenters. The van der Waals surface area contributed by atoms with Gasteiger partial charge in [0.05, 0.1) is 13.2 Å². The van der Waals surface area contributed by atoms with Crippen molar-refractivity contribution < 1.29 is 9.31 Å². The van der Waals surface area contributed by atoms with E-state index in [1.807, 2.05) is 0 Å². The van der Waals surface area contributed by atoms with Crippen molar-refractivity contribution >= 4 is 7.25 Å². The monoisotopic (exact) mass is 143 g/mol. The van der Waals surface area contributed by atoms with E-state index in [4.69, 9.17) is 9.31 Å². The van der Waals surface area contributed by atoms with Gasteiger partial charge in [0.25, 0.3) is 0 Å². The van der Waals surface area contributed by atoms with Crippen molar-refractivity contribution in [3.8, 4) is 0 Å². The van der Waals surface area contributed by atoms with Crippen LogP contribution in [0.1, 0.15) is 13.8 Å². The molecule has 0 aromatic rings. The third-order valence-electron chi connectivity index (χ3n) is 1.71. The molecular weight excluding hydrogens is 129 g/mol. The molecule has 1 aliphatic rings. The van der Waals surface area contributed by atoms with Crippen LogP contribution in [0.3, 0.4) is 0 Å². The zero-order valence-corrected chi connectivity index (χ0v) is 6.67. The molecule has 0 spiro atoms. The molecule has 1 aliphatic heterocycles. The predicted octanol–water partition coefficient (Wildman–Crippen LogP) is 0.360. The molecule has 4 heteroatoms. The SMILES string of the molecule is CCN(CC)B1OCCO1. The van der Waals surface area contributed by atoms with Gasteiger partial charge in [0.1, 0.15) is 0 Å². The quantitative estimate of drug-likeness (QED) is 0.532. The van der Waals surface area contributed by atoms with Crippen molar-refractivity contribution in [2.24, 2.45) is 0 Å². The summed E-state index contributed by atoms with van der Waals surface area (Å²) in [7, 11) is -0.0741. The Labute approximate surface area is 62.5 Å². The zero-order valence-electron chi connectivity index (χ0n) is 6.67. The first-order chi connectivity index (χ1) is 4.88. The van der Waals surface area contributed by atoms with Crippen LogP contribution in [0, 0.1) is 0 Å². The summed E-state index contributed by atoms with van der Waals surface area (Å²) in [6.45, 7) is 7.66. The highest BCUT2D eigenvalue weighted by Gasteiger charge is 2.29. The minimum absolute atomic E-state index is 0.0741. The summed E-state index contributed by atoms with van der Waals surface area (Å²) in [5, 5.41) is 0. The smallest absolute Gasteiger partial charge is 0.395 e. The van der Waals surface area contributed by atoms with Crippen molar-refractivity contribution in [2.45, 2.75) is 13.8 Å². The van der Waals surface area contributed by atoms with E-state index in [2.05, 4.69) is 18.7 Å². The van der Waals surface area contributed by atoms with Gasteiger partial charge in [-0.15, -0.1) is 0 Å². The third kappa shape index (κ3) is 1.72. The maximum absolute atomic E-state index is 5.30. The third-order valence-corrected chi connectivity index (χ3v) is 1.71. The van der Waals surface area contributed by atoms with Crippen molar-refractivity contribution in [1.82, 2.24) is 4.81 Å². The summed E-state index contributed by atoms with van der Waals surface area (Å²) in [6, 6.07) is 0. The van der Waals surface area contributed by atoms with Gasteiger partial charge < -0.3 is 9.31 Å². The second-order valence-electron chi connectivity index (χ2n) is 2.27. The minimum atomic E-state index is -0.0741. The van der Waals surface area contributed by atoms with Crippen molar-refractivity contribution in [3.63, 3.8) is 0 Å². The summed E-state index contributed by atoms with van der Waals surface area (Å²) in [5.41, 5.74) is 0. The lowest BCUT2D eigenvalue weighted by Gasteiger charge is -2.18. The molecule has 0 aromatic heterocycles. The van der Waals surface area contributed by atoms with Crippen LogP contribution in [0.4, 0.5) is 0 Å². The Bertz CT molecular complexity index is 91.7. The predicted molar refractivity (Wildman–Crippen MR) is 40.6 cm³/mol. The molecule has 0 aliphatic carbocycles. The first-order valence-corrected chi connectivity index (χ1v) is 3.85. The van der Waals surface area contributed by atoms with E-state index in [1.54, 1.807) is 0 Å². The van der Waals surface area contributed by atoms with Crippen LogP contribution in [0.25, 0.3) is 0 Å². The average Bonchev–Trinajstić information content (AvgIpc) is 2.43. The van der Waals surface area contributed by atoms with E-state index < -0.39 is 0 Å². The molecule has 1 fully saturated rings. The van der Waals surface area contributed by atoms with E-state index in [0.29, 0.717) is 0 Å². The van der Waals surface area contributed by atoms with Crippen LogP contribution in [0.5, 0.6) is 0 Å². The van der Waals surface area contributed by atoms with Crippen LogP contribution in [0.15, 0.2) is 0 Å². The molecule has 0 N–H and O–H groups in total. The molecule has 0 aromatic carbocycles. The van der Waals surface area contributed by atoms with Crippen LogP contribution in [0.2, 0.25) is 0 Å². The minimum Gasteiger partial charge on any atom is -0.395 e. The topological polar surface area (TPSA) is 21.7 Å². The van der Waals surface area contributed by atoms with Crippen LogP contribution in [-0.4, -0.2) is 38.4 Å². The molecule has 10 heavy (non-hydrogen) atoms. The Balaban J connectivity index is 2.29. The molecule has 0 saturated carbocycles. The molecule has 0 atom stereocenters. The molecule has 0 bridgehead atoms. The Morgan fingerprint density at radius 1 is 1.20 bits per heavy atom. The molecule has 3 nitrogen and oxygen atoms in total. The number of hydrogen-bond acceptors (Lipinski definition) is 3. The number of nitrogens with zero attached hydrogens (tertiary/aromatic N) is 1. The van der Waals surface area contributed by atoms with Gasteiger partial charge in [0.15, 0.2) is 0 Å².